The predicted octanol–water partition coefficient (Wildman–Crippen LogP) is 1.96. The molecular formula is C11H17N5O2. The lowest BCUT2D eigenvalue weighted by atomic mass is 10.0. The maximum Gasteiger partial charge on any atom is 0.352 e. The minimum atomic E-state index is -0.545. The Balaban J connectivity index is 2.10. The lowest BCUT2D eigenvalue weighted by molar-refractivity contribution is -0.383. The second kappa shape index (κ2) is 4.75. The summed E-state index contributed by atoms with van der Waals surface area (Å²) in [5.41, 5.74) is 5.57. The number of nitrogen functional groups attached to an aromatic ring is 1. The van der Waals surface area contributed by atoms with Gasteiger partial charge in [0, 0.05) is 6.54 Å². The summed E-state index contributed by atoms with van der Waals surface area (Å²) in [6, 6.07) is 0. The maximum atomic E-state index is 10.9. The van der Waals surface area contributed by atoms with E-state index >= 15 is 0 Å². The van der Waals surface area contributed by atoms with Gasteiger partial charge < -0.3 is 11.1 Å². The fourth-order valence-corrected chi connectivity index (χ4v) is 2.20. The van der Waals surface area contributed by atoms with Gasteiger partial charge in [-0.25, -0.2) is 9.97 Å². The van der Waals surface area contributed by atoms with Crippen LogP contribution in [0.5, 0.6) is 0 Å². The molecule has 1 aromatic rings. The predicted molar refractivity (Wildman–Crippen MR) is 68.2 cm³/mol. The van der Waals surface area contributed by atoms with Crippen molar-refractivity contribution in [1.82, 2.24) is 9.97 Å². The van der Waals surface area contributed by atoms with Gasteiger partial charge in [0.2, 0.25) is 11.6 Å². The first-order valence-electron chi connectivity index (χ1n) is 6.07. The van der Waals surface area contributed by atoms with Crippen molar-refractivity contribution in [2.75, 3.05) is 17.6 Å². The van der Waals surface area contributed by atoms with Crippen LogP contribution in [0.25, 0.3) is 0 Å². The lowest BCUT2D eigenvalue weighted by Gasteiger charge is -2.15. The number of anilines is 2. The Labute approximate surface area is 105 Å². The van der Waals surface area contributed by atoms with Crippen LogP contribution in [0.2, 0.25) is 0 Å². The molecule has 3 N–H and O–H groups in total. The zero-order valence-electron chi connectivity index (χ0n) is 10.3. The monoisotopic (exact) mass is 251 g/mol. The smallest absolute Gasteiger partial charge is 0.352 e. The van der Waals surface area contributed by atoms with Crippen LogP contribution in [-0.4, -0.2) is 21.4 Å². The van der Waals surface area contributed by atoms with Gasteiger partial charge in [0.25, 0.3) is 0 Å². The first-order chi connectivity index (χ1) is 8.58. The van der Waals surface area contributed by atoms with Crippen LogP contribution in [0.15, 0.2) is 6.33 Å². The molecule has 1 aliphatic rings. The summed E-state index contributed by atoms with van der Waals surface area (Å²) in [7, 11) is 0. The van der Waals surface area contributed by atoms with Crippen molar-refractivity contribution in [1.29, 1.82) is 0 Å². The van der Waals surface area contributed by atoms with E-state index in [0.29, 0.717) is 12.0 Å². The van der Waals surface area contributed by atoms with Crippen molar-refractivity contribution < 1.29 is 4.92 Å². The van der Waals surface area contributed by atoms with Crippen LogP contribution in [-0.2, 0) is 0 Å². The van der Waals surface area contributed by atoms with E-state index < -0.39 is 4.92 Å². The summed E-state index contributed by atoms with van der Waals surface area (Å²) >= 11 is 0. The number of nitro groups is 1. The summed E-state index contributed by atoms with van der Waals surface area (Å²) < 4.78 is 0. The van der Waals surface area contributed by atoms with Crippen molar-refractivity contribution in [3.8, 4) is 0 Å². The molecule has 0 radical (unpaired) electrons. The lowest BCUT2D eigenvalue weighted by Crippen LogP contribution is -2.17. The minimum absolute atomic E-state index is 0.0992. The van der Waals surface area contributed by atoms with Gasteiger partial charge >= 0.3 is 5.69 Å². The van der Waals surface area contributed by atoms with Gasteiger partial charge in [0.05, 0.1) is 4.92 Å². The third kappa shape index (κ3) is 2.49. The van der Waals surface area contributed by atoms with Crippen molar-refractivity contribution in [2.45, 2.75) is 32.6 Å². The molecule has 2 rings (SSSR count). The molecule has 1 fully saturated rings. The van der Waals surface area contributed by atoms with Gasteiger partial charge in [-0.3, -0.25) is 10.1 Å². The standard InChI is InChI=1S/C11H17N5O2/c1-2-3-11(4-5-11)6-13-10-8(16(17)18)9(12)14-7-15-10/h7H,2-6H2,1H3,(H3,12,13,14,15). The number of nitrogens with two attached hydrogens (primary N) is 1. The van der Waals surface area contributed by atoms with Crippen LogP contribution < -0.4 is 11.1 Å². The summed E-state index contributed by atoms with van der Waals surface area (Å²) in [5, 5.41) is 14.0. The highest BCUT2D eigenvalue weighted by Gasteiger charge is 2.41. The first kappa shape index (κ1) is 12.5. The fourth-order valence-electron chi connectivity index (χ4n) is 2.20. The van der Waals surface area contributed by atoms with Crippen LogP contribution in [0.3, 0.4) is 0 Å². The van der Waals surface area contributed by atoms with E-state index in [0.717, 1.165) is 12.8 Å². The molecule has 7 heteroatoms. The van der Waals surface area contributed by atoms with E-state index in [9.17, 15) is 10.1 Å². The quantitative estimate of drug-likeness (QED) is 0.591. The highest BCUT2D eigenvalue weighted by molar-refractivity contribution is 5.67. The van der Waals surface area contributed by atoms with Gasteiger partial charge in [0.15, 0.2) is 0 Å². The normalized spacial score (nSPS) is 16.3. The molecule has 1 saturated carbocycles. The second-order valence-corrected chi connectivity index (χ2v) is 4.82. The van der Waals surface area contributed by atoms with Crippen LogP contribution in [0.4, 0.5) is 17.3 Å². The molecule has 0 saturated heterocycles. The minimum Gasteiger partial charge on any atom is -0.378 e. The molecule has 0 atom stereocenters. The number of hydrogen-bond acceptors (Lipinski definition) is 6. The summed E-state index contributed by atoms with van der Waals surface area (Å²) in [6.07, 6.45) is 5.83. The zero-order valence-corrected chi connectivity index (χ0v) is 10.3. The highest BCUT2D eigenvalue weighted by Crippen LogP contribution is 2.49. The topological polar surface area (TPSA) is 107 Å². The fraction of sp³-hybridized carbons (Fsp3) is 0.636. The molecule has 0 spiro atoms. The Hall–Kier alpha value is -1.92. The van der Waals surface area contributed by atoms with E-state index in [2.05, 4.69) is 22.2 Å². The number of hydrogen-bond donors (Lipinski definition) is 2. The molecule has 1 aromatic heterocycles. The van der Waals surface area contributed by atoms with Gasteiger partial charge in [0.1, 0.15) is 6.33 Å². The van der Waals surface area contributed by atoms with Gasteiger partial charge in [-0.2, -0.15) is 0 Å². The van der Waals surface area contributed by atoms with Gasteiger partial charge in [-0.1, -0.05) is 13.3 Å². The molecule has 0 aliphatic heterocycles. The molecule has 0 amide bonds. The molecular weight excluding hydrogens is 234 g/mol. The first-order valence-corrected chi connectivity index (χ1v) is 6.07. The molecule has 1 heterocycles. The molecule has 0 bridgehead atoms. The van der Waals surface area contributed by atoms with Crippen molar-refractivity contribution in [3.63, 3.8) is 0 Å². The number of rotatable bonds is 6. The van der Waals surface area contributed by atoms with E-state index in [1.165, 1.54) is 19.2 Å². The van der Waals surface area contributed by atoms with E-state index in [1.807, 2.05) is 0 Å². The molecule has 1 aliphatic carbocycles. The highest BCUT2D eigenvalue weighted by atomic mass is 16.6. The molecule has 0 unspecified atom stereocenters. The largest absolute Gasteiger partial charge is 0.378 e. The number of aromatic nitrogens is 2. The Bertz CT molecular complexity index is 459. The number of nitrogens with one attached hydrogen (secondary N) is 1. The summed E-state index contributed by atoms with van der Waals surface area (Å²) in [5.74, 6) is 0.118. The Kier molecular flexibility index (Phi) is 3.31. The van der Waals surface area contributed by atoms with Crippen molar-refractivity contribution in [2.24, 2.45) is 5.41 Å². The SMILES string of the molecule is CCCC1(CNc2ncnc(N)c2[N+](=O)[O-])CC1. The third-order valence-corrected chi connectivity index (χ3v) is 3.40. The van der Waals surface area contributed by atoms with Gasteiger partial charge in [-0.05, 0) is 24.7 Å². The van der Waals surface area contributed by atoms with Crippen LogP contribution >= 0.6 is 0 Å². The second-order valence-electron chi connectivity index (χ2n) is 4.82. The van der Waals surface area contributed by atoms with E-state index in [-0.39, 0.29) is 17.3 Å². The van der Waals surface area contributed by atoms with E-state index in [4.69, 9.17) is 5.73 Å². The van der Waals surface area contributed by atoms with Crippen molar-refractivity contribution in [3.05, 3.63) is 16.4 Å². The molecule has 7 nitrogen and oxygen atoms in total. The Morgan fingerprint density at radius 3 is 2.83 bits per heavy atom. The zero-order chi connectivity index (χ0) is 13.2. The third-order valence-electron chi connectivity index (χ3n) is 3.40. The average Bonchev–Trinajstić information content (AvgIpc) is 3.07. The van der Waals surface area contributed by atoms with Crippen molar-refractivity contribution >= 4 is 17.3 Å². The average molecular weight is 251 g/mol. The van der Waals surface area contributed by atoms with Gasteiger partial charge in [-0.15, -0.1) is 0 Å². The number of nitrogens with zero attached hydrogens (tertiary/aromatic N) is 3. The van der Waals surface area contributed by atoms with Crippen LogP contribution in [0.1, 0.15) is 32.6 Å². The summed E-state index contributed by atoms with van der Waals surface area (Å²) in [4.78, 5) is 17.9. The van der Waals surface area contributed by atoms with Crippen LogP contribution in [0, 0.1) is 15.5 Å². The molecule has 18 heavy (non-hydrogen) atoms. The Morgan fingerprint density at radius 1 is 1.56 bits per heavy atom. The summed E-state index contributed by atoms with van der Waals surface area (Å²) in [6.45, 7) is 2.85. The van der Waals surface area contributed by atoms with E-state index in [1.54, 1.807) is 0 Å². The molecule has 98 valence electrons. The Morgan fingerprint density at radius 2 is 2.28 bits per heavy atom. The maximum absolute atomic E-state index is 10.9. The molecule has 0 aromatic carbocycles.